The Hall–Kier alpha value is -2.03. The van der Waals surface area contributed by atoms with E-state index >= 15 is 0 Å². The number of carbonyl (C=O) groups excluding carboxylic acids is 1. The first-order valence-corrected chi connectivity index (χ1v) is 17.6. The Morgan fingerprint density at radius 2 is 1.60 bits per heavy atom. The van der Waals surface area contributed by atoms with Crippen LogP contribution in [-0.4, -0.2) is 121 Å². The normalized spacial score (nSPS) is 53.6. The number of carbonyl (C=O) groups is 1. The minimum absolute atomic E-state index is 0.101. The summed E-state index contributed by atoms with van der Waals surface area (Å²) in [6, 6.07) is 4.28. The molecule has 3 saturated heterocycles. The molecule has 1 aromatic rings. The van der Waals surface area contributed by atoms with Gasteiger partial charge in [-0.25, -0.2) is 4.79 Å². The first kappa shape index (κ1) is 33.1. The van der Waals surface area contributed by atoms with E-state index in [-0.39, 0.29) is 24.9 Å². The second kappa shape index (κ2) is 10.1. The van der Waals surface area contributed by atoms with E-state index in [2.05, 4.69) is 11.8 Å². The van der Waals surface area contributed by atoms with Crippen LogP contribution in [0.2, 0.25) is 0 Å². The molecular formula is C36H51NO11. The van der Waals surface area contributed by atoms with Gasteiger partial charge in [-0.15, -0.1) is 0 Å². The molecule has 3 heterocycles. The van der Waals surface area contributed by atoms with E-state index in [0.29, 0.717) is 56.1 Å². The molecule has 266 valence electrons. The summed E-state index contributed by atoms with van der Waals surface area (Å²) in [6.07, 6.45) is 0.172. The lowest BCUT2D eigenvalue weighted by Gasteiger charge is -2.68. The molecule has 12 heteroatoms. The molecule has 48 heavy (non-hydrogen) atoms. The van der Waals surface area contributed by atoms with Gasteiger partial charge in [0.25, 0.3) is 0 Å². The van der Waals surface area contributed by atoms with Crippen molar-refractivity contribution in [1.29, 1.82) is 0 Å². The third-order valence-electron chi connectivity index (χ3n) is 14.9. The van der Waals surface area contributed by atoms with Crippen LogP contribution in [0.15, 0.2) is 18.2 Å². The smallest absolute Gasteiger partial charge is 0.338 e. The molecule has 1 aromatic carbocycles. The lowest BCUT2D eigenvalue weighted by molar-refractivity contribution is -0.354. The van der Waals surface area contributed by atoms with Gasteiger partial charge in [-0.3, -0.25) is 4.90 Å². The molecule has 4 saturated carbocycles. The van der Waals surface area contributed by atoms with Gasteiger partial charge in [-0.1, -0.05) is 13.8 Å². The van der Waals surface area contributed by atoms with Gasteiger partial charge in [0.1, 0.15) is 22.4 Å². The van der Waals surface area contributed by atoms with Crippen molar-refractivity contribution < 1.29 is 54.4 Å². The maximum atomic E-state index is 13.5. The zero-order chi connectivity index (χ0) is 34.4. The highest BCUT2D eigenvalue weighted by atomic mass is 16.7. The quantitative estimate of drug-likeness (QED) is 0.253. The van der Waals surface area contributed by atoms with Crippen molar-refractivity contribution in [2.75, 3.05) is 27.3 Å². The van der Waals surface area contributed by atoms with E-state index in [9.17, 15) is 35.4 Å². The summed E-state index contributed by atoms with van der Waals surface area (Å²) in [5, 5.41) is 74.7. The summed E-state index contributed by atoms with van der Waals surface area (Å²) in [6.45, 7) is 6.57. The van der Waals surface area contributed by atoms with Gasteiger partial charge in [0.2, 0.25) is 5.79 Å². The molecule has 7 aliphatic rings. The van der Waals surface area contributed by atoms with Crippen molar-refractivity contribution >= 4 is 5.97 Å². The molecule has 4 bridgehead atoms. The fourth-order valence-electron chi connectivity index (χ4n) is 12.6. The summed E-state index contributed by atoms with van der Waals surface area (Å²) in [5.41, 5.74) is -9.44. The van der Waals surface area contributed by atoms with Crippen molar-refractivity contribution in [1.82, 2.24) is 4.90 Å². The fraction of sp³-hybridized carbons (Fsp3) is 0.806. The summed E-state index contributed by atoms with van der Waals surface area (Å²) < 4.78 is 23.5. The number of rotatable bonds is 4. The van der Waals surface area contributed by atoms with Gasteiger partial charge in [-0.05, 0) is 69.6 Å². The number of aliphatic hydroxyl groups excluding tert-OH is 1. The highest BCUT2D eigenvalue weighted by Gasteiger charge is 2.88. The first-order valence-electron chi connectivity index (χ1n) is 17.6. The first-order chi connectivity index (χ1) is 22.5. The Bertz CT molecular complexity index is 1520. The number of benzene rings is 1. The molecule has 6 N–H and O–H groups in total. The second-order valence-corrected chi connectivity index (χ2v) is 16.8. The van der Waals surface area contributed by atoms with E-state index in [1.807, 2.05) is 6.92 Å². The van der Waals surface area contributed by atoms with E-state index in [1.54, 1.807) is 19.1 Å². The Balaban J connectivity index is 1.16. The zero-order valence-corrected chi connectivity index (χ0v) is 28.5. The molecule has 0 radical (unpaired) electrons. The molecule has 8 rings (SSSR count). The van der Waals surface area contributed by atoms with Gasteiger partial charge in [0, 0.05) is 55.1 Å². The van der Waals surface area contributed by atoms with Crippen molar-refractivity contribution in [3.63, 3.8) is 0 Å². The Labute approximate surface area is 280 Å². The summed E-state index contributed by atoms with van der Waals surface area (Å²) >= 11 is 0. The Kier molecular flexibility index (Phi) is 6.94. The highest BCUT2D eigenvalue weighted by Crippen LogP contribution is 2.78. The van der Waals surface area contributed by atoms with Crippen molar-refractivity contribution in [2.24, 2.45) is 29.1 Å². The largest absolute Gasteiger partial charge is 0.493 e. The van der Waals surface area contributed by atoms with Gasteiger partial charge in [-0.2, -0.15) is 0 Å². The molecule has 0 unspecified atom stereocenters. The van der Waals surface area contributed by atoms with Crippen LogP contribution in [0.4, 0.5) is 0 Å². The minimum Gasteiger partial charge on any atom is -0.493 e. The van der Waals surface area contributed by atoms with E-state index in [1.165, 1.54) is 20.3 Å². The van der Waals surface area contributed by atoms with Crippen molar-refractivity contribution in [3.05, 3.63) is 23.8 Å². The molecule has 12 nitrogen and oxygen atoms in total. The van der Waals surface area contributed by atoms with Crippen molar-refractivity contribution in [2.45, 2.75) is 124 Å². The van der Waals surface area contributed by atoms with Crippen LogP contribution in [0.25, 0.3) is 0 Å². The average Bonchev–Trinajstić information content (AvgIpc) is 3.21. The van der Waals surface area contributed by atoms with Gasteiger partial charge >= 0.3 is 5.97 Å². The van der Waals surface area contributed by atoms with Crippen LogP contribution < -0.4 is 9.47 Å². The molecular weight excluding hydrogens is 622 g/mol. The summed E-state index contributed by atoms with van der Waals surface area (Å²) in [4.78, 5) is 15.6. The Morgan fingerprint density at radius 1 is 0.896 bits per heavy atom. The van der Waals surface area contributed by atoms with E-state index < -0.39 is 81.2 Å². The summed E-state index contributed by atoms with van der Waals surface area (Å²) in [7, 11) is 2.97. The molecule has 0 aromatic heterocycles. The number of esters is 1. The number of piperidine rings is 2. The van der Waals surface area contributed by atoms with Crippen LogP contribution in [0.5, 0.6) is 11.5 Å². The second-order valence-electron chi connectivity index (χ2n) is 16.8. The zero-order valence-electron chi connectivity index (χ0n) is 28.5. The molecule has 4 aliphatic carbocycles. The fourth-order valence-corrected chi connectivity index (χ4v) is 12.6. The third kappa shape index (κ3) is 3.66. The lowest BCUT2D eigenvalue weighted by atomic mass is 9.49. The number of aliphatic hydroxyl groups is 6. The van der Waals surface area contributed by atoms with Crippen LogP contribution in [0, 0.1) is 29.1 Å². The van der Waals surface area contributed by atoms with Crippen LogP contribution in [0.3, 0.4) is 0 Å². The number of ether oxygens (including phenoxy) is 4. The predicted octanol–water partition coefficient (Wildman–Crippen LogP) is 1.36. The van der Waals surface area contributed by atoms with Crippen LogP contribution in [-0.2, 0) is 9.47 Å². The lowest BCUT2D eigenvalue weighted by Crippen LogP contribution is -2.85. The molecule has 1 spiro atoms. The SMILES string of the molecule is COc1ccc(C(=O)O[C@@H]2CC[C@@]3(C)[C@@H]4CC[C@@H]5[C@@]6(O)C[C@@H](O)[C@@]7(O)[C@@H](CN8C[C@H](C)CC[C@H]8[C@]7(C)O)[C@]6(O)C[C@@]53O[C@@]42O)cc1OC. The minimum atomic E-state index is -2.10. The maximum Gasteiger partial charge on any atom is 0.338 e. The standard InChI is InChI=1S/C36H51NO11/c1-19-6-11-26-31(3,40)35(43)25(17-37(26)16-19)33(42)18-34-24(32(33,41)15-27(35)38)10-9-23-30(34,2)13-12-28(36(23,44)48-34)47-29(39)20-7-8-21(45-4)22(14-20)46-5/h7-8,14,19,23-28,38,40-44H,6,9-13,15-18H2,1-5H3/t19-,23+,24-,25+,26+,27-,28-,30+,31+,32+,33-,34-,35+,36+/m1/s1. The maximum absolute atomic E-state index is 13.5. The van der Waals surface area contributed by atoms with Gasteiger partial charge in [0.05, 0.1) is 31.5 Å². The van der Waals surface area contributed by atoms with E-state index in [0.717, 1.165) is 6.42 Å². The number of methoxy groups -OCH3 is 2. The Morgan fingerprint density at radius 3 is 2.31 bits per heavy atom. The van der Waals surface area contributed by atoms with Crippen molar-refractivity contribution in [3.8, 4) is 11.5 Å². The van der Waals surface area contributed by atoms with Gasteiger partial charge < -0.3 is 49.6 Å². The van der Waals surface area contributed by atoms with E-state index in [4.69, 9.17) is 18.9 Å². The van der Waals surface area contributed by atoms with Crippen LogP contribution >= 0.6 is 0 Å². The van der Waals surface area contributed by atoms with Gasteiger partial charge in [0.15, 0.2) is 17.6 Å². The predicted molar refractivity (Wildman–Crippen MR) is 169 cm³/mol. The van der Waals surface area contributed by atoms with Crippen LogP contribution in [0.1, 0.15) is 82.5 Å². The number of fused-ring (bicyclic) bond motifs is 5. The average molecular weight is 674 g/mol. The number of hydrogen-bond donors (Lipinski definition) is 6. The monoisotopic (exact) mass is 673 g/mol. The molecule has 14 atom stereocenters. The highest BCUT2D eigenvalue weighted by molar-refractivity contribution is 5.90. The third-order valence-corrected chi connectivity index (χ3v) is 14.9. The number of hydrogen-bond acceptors (Lipinski definition) is 12. The summed E-state index contributed by atoms with van der Waals surface area (Å²) in [5.74, 6) is -3.63. The molecule has 0 amide bonds. The number of nitrogens with zero attached hydrogens (tertiary/aromatic N) is 1. The molecule has 7 fully saturated rings. The molecule has 3 aliphatic heterocycles. The topological polar surface area (TPSA) is 179 Å².